The molecule has 1 aliphatic heterocycles. The average Bonchev–Trinajstić information content (AvgIpc) is 2.63. The summed E-state index contributed by atoms with van der Waals surface area (Å²) in [7, 11) is 0. The van der Waals surface area contributed by atoms with E-state index in [1.807, 2.05) is 30.0 Å². The molecule has 24 heavy (non-hydrogen) atoms. The first kappa shape index (κ1) is 16.4. The molecule has 1 atom stereocenters. The largest absolute Gasteiger partial charge is 0.368 e. The lowest BCUT2D eigenvalue weighted by atomic mass is 10.0. The number of anilines is 1. The first-order valence-corrected chi connectivity index (χ1v) is 8.56. The first-order valence-electron chi connectivity index (χ1n) is 8.56. The summed E-state index contributed by atoms with van der Waals surface area (Å²) in [5.74, 6) is 0. The Kier molecular flexibility index (Phi) is 5.04. The van der Waals surface area contributed by atoms with Crippen molar-refractivity contribution in [3.8, 4) is 0 Å². The highest BCUT2D eigenvalue weighted by molar-refractivity contribution is 5.75. The van der Waals surface area contributed by atoms with Crippen molar-refractivity contribution < 1.29 is 4.79 Å². The number of aryl methyl sites for hydroxylation is 1. The number of carbonyl (C=O) groups excluding carboxylic acids is 1. The van der Waals surface area contributed by atoms with Crippen LogP contribution in [0.25, 0.3) is 0 Å². The Balaban J connectivity index is 1.55. The SMILES string of the molecule is Cc1ccccc1C(C)NC(=O)N1CCN(c2ccccc2)CC1. The summed E-state index contributed by atoms with van der Waals surface area (Å²) in [6.07, 6.45) is 0. The van der Waals surface area contributed by atoms with Gasteiger partial charge in [0.05, 0.1) is 6.04 Å². The van der Waals surface area contributed by atoms with E-state index in [0.29, 0.717) is 0 Å². The topological polar surface area (TPSA) is 35.6 Å². The Bertz CT molecular complexity index is 678. The Labute approximate surface area is 144 Å². The molecule has 2 amide bonds. The van der Waals surface area contributed by atoms with Crippen LogP contribution in [0, 0.1) is 6.92 Å². The van der Waals surface area contributed by atoms with Crippen molar-refractivity contribution in [3.05, 3.63) is 65.7 Å². The van der Waals surface area contributed by atoms with Gasteiger partial charge in [0.15, 0.2) is 0 Å². The Morgan fingerprint density at radius 2 is 1.58 bits per heavy atom. The van der Waals surface area contributed by atoms with Crippen LogP contribution in [0.3, 0.4) is 0 Å². The molecule has 1 aliphatic rings. The van der Waals surface area contributed by atoms with Gasteiger partial charge in [-0.15, -0.1) is 0 Å². The number of carbonyl (C=O) groups is 1. The zero-order valence-corrected chi connectivity index (χ0v) is 14.4. The van der Waals surface area contributed by atoms with Gasteiger partial charge in [0.25, 0.3) is 0 Å². The highest BCUT2D eigenvalue weighted by Crippen LogP contribution is 2.18. The van der Waals surface area contributed by atoms with Crippen LogP contribution in [-0.2, 0) is 0 Å². The second-order valence-electron chi connectivity index (χ2n) is 6.34. The third kappa shape index (κ3) is 3.70. The molecule has 0 radical (unpaired) electrons. The van der Waals surface area contributed by atoms with Crippen LogP contribution < -0.4 is 10.2 Å². The van der Waals surface area contributed by atoms with Gasteiger partial charge in [0, 0.05) is 31.9 Å². The number of para-hydroxylation sites is 1. The van der Waals surface area contributed by atoms with Gasteiger partial charge in [-0.25, -0.2) is 4.79 Å². The maximum atomic E-state index is 12.5. The summed E-state index contributed by atoms with van der Waals surface area (Å²) in [6, 6.07) is 18.6. The molecule has 1 unspecified atom stereocenters. The number of urea groups is 1. The van der Waals surface area contributed by atoms with E-state index >= 15 is 0 Å². The molecule has 0 aliphatic carbocycles. The van der Waals surface area contributed by atoms with Crippen LogP contribution in [0.1, 0.15) is 24.1 Å². The normalized spacial score (nSPS) is 15.9. The molecular weight excluding hydrogens is 298 g/mol. The van der Waals surface area contributed by atoms with Crippen LogP contribution >= 0.6 is 0 Å². The minimum atomic E-state index is 0.0193. The van der Waals surface area contributed by atoms with E-state index in [9.17, 15) is 4.79 Å². The van der Waals surface area contributed by atoms with Gasteiger partial charge in [0.2, 0.25) is 0 Å². The van der Waals surface area contributed by atoms with Crippen molar-refractivity contribution in [1.29, 1.82) is 0 Å². The number of rotatable bonds is 3. The lowest BCUT2D eigenvalue weighted by Gasteiger charge is -2.36. The maximum absolute atomic E-state index is 12.5. The fraction of sp³-hybridized carbons (Fsp3) is 0.350. The molecule has 4 heteroatoms. The number of nitrogens with one attached hydrogen (secondary N) is 1. The van der Waals surface area contributed by atoms with E-state index in [4.69, 9.17) is 0 Å². The van der Waals surface area contributed by atoms with Crippen molar-refractivity contribution in [2.24, 2.45) is 0 Å². The van der Waals surface area contributed by atoms with Gasteiger partial charge in [0.1, 0.15) is 0 Å². The van der Waals surface area contributed by atoms with Crippen LogP contribution in [0.15, 0.2) is 54.6 Å². The van der Waals surface area contributed by atoms with Crippen molar-refractivity contribution in [3.63, 3.8) is 0 Å². The monoisotopic (exact) mass is 323 g/mol. The van der Waals surface area contributed by atoms with Crippen molar-refractivity contribution in [1.82, 2.24) is 10.2 Å². The van der Waals surface area contributed by atoms with Crippen molar-refractivity contribution in [2.45, 2.75) is 19.9 Å². The highest BCUT2D eigenvalue weighted by atomic mass is 16.2. The summed E-state index contributed by atoms with van der Waals surface area (Å²) in [6.45, 7) is 7.37. The predicted octanol–water partition coefficient (Wildman–Crippen LogP) is 3.59. The fourth-order valence-electron chi connectivity index (χ4n) is 3.23. The Morgan fingerprint density at radius 1 is 0.958 bits per heavy atom. The van der Waals surface area contributed by atoms with Gasteiger partial charge >= 0.3 is 6.03 Å². The number of benzene rings is 2. The zero-order chi connectivity index (χ0) is 16.9. The molecule has 2 aromatic rings. The second-order valence-corrected chi connectivity index (χ2v) is 6.34. The van der Waals surface area contributed by atoms with Gasteiger partial charge < -0.3 is 15.1 Å². The standard InChI is InChI=1S/C20H25N3O/c1-16-8-6-7-11-19(16)17(2)21-20(24)23-14-12-22(13-15-23)18-9-4-3-5-10-18/h3-11,17H,12-15H2,1-2H3,(H,21,24). The number of nitrogens with zero attached hydrogens (tertiary/aromatic N) is 2. The minimum absolute atomic E-state index is 0.0193. The quantitative estimate of drug-likeness (QED) is 0.937. The molecule has 2 aromatic carbocycles. The molecule has 1 N–H and O–H groups in total. The summed E-state index contributed by atoms with van der Waals surface area (Å²) in [5.41, 5.74) is 3.61. The van der Waals surface area contributed by atoms with Crippen LogP contribution in [-0.4, -0.2) is 37.1 Å². The second kappa shape index (κ2) is 7.39. The Morgan fingerprint density at radius 3 is 2.25 bits per heavy atom. The first-order chi connectivity index (χ1) is 11.6. The van der Waals surface area contributed by atoms with Crippen molar-refractivity contribution in [2.75, 3.05) is 31.1 Å². The molecule has 1 heterocycles. The molecular formula is C20H25N3O. The lowest BCUT2D eigenvalue weighted by Crippen LogP contribution is -2.52. The van der Waals surface area contributed by atoms with E-state index in [1.54, 1.807) is 0 Å². The molecule has 0 saturated carbocycles. The van der Waals surface area contributed by atoms with E-state index in [2.05, 4.69) is 53.5 Å². The smallest absolute Gasteiger partial charge is 0.317 e. The van der Waals surface area contributed by atoms with Crippen LogP contribution in [0.2, 0.25) is 0 Å². The molecule has 0 bridgehead atoms. The summed E-state index contributed by atoms with van der Waals surface area (Å²) < 4.78 is 0. The predicted molar refractivity (Wildman–Crippen MR) is 98.4 cm³/mol. The van der Waals surface area contributed by atoms with E-state index in [1.165, 1.54) is 16.8 Å². The van der Waals surface area contributed by atoms with Crippen LogP contribution in [0.5, 0.6) is 0 Å². The molecule has 4 nitrogen and oxygen atoms in total. The van der Waals surface area contributed by atoms with E-state index in [0.717, 1.165) is 26.2 Å². The fourth-order valence-corrected chi connectivity index (χ4v) is 3.23. The van der Waals surface area contributed by atoms with E-state index < -0.39 is 0 Å². The number of hydrogen-bond acceptors (Lipinski definition) is 2. The van der Waals surface area contributed by atoms with Gasteiger partial charge in [-0.05, 0) is 37.1 Å². The van der Waals surface area contributed by atoms with Gasteiger partial charge in [-0.2, -0.15) is 0 Å². The van der Waals surface area contributed by atoms with Crippen LogP contribution in [0.4, 0.5) is 10.5 Å². The Hall–Kier alpha value is -2.49. The number of piperazine rings is 1. The number of amides is 2. The van der Waals surface area contributed by atoms with Crippen molar-refractivity contribution >= 4 is 11.7 Å². The average molecular weight is 323 g/mol. The lowest BCUT2D eigenvalue weighted by molar-refractivity contribution is 0.191. The van der Waals surface area contributed by atoms with Gasteiger partial charge in [-0.3, -0.25) is 0 Å². The number of hydrogen-bond donors (Lipinski definition) is 1. The zero-order valence-electron chi connectivity index (χ0n) is 14.4. The third-order valence-corrected chi connectivity index (χ3v) is 4.68. The molecule has 0 aromatic heterocycles. The van der Waals surface area contributed by atoms with Gasteiger partial charge in [-0.1, -0.05) is 42.5 Å². The molecule has 1 saturated heterocycles. The van der Waals surface area contributed by atoms with E-state index in [-0.39, 0.29) is 12.1 Å². The molecule has 0 spiro atoms. The summed E-state index contributed by atoms with van der Waals surface area (Å²) in [4.78, 5) is 16.8. The molecule has 1 fully saturated rings. The minimum Gasteiger partial charge on any atom is -0.368 e. The molecule has 126 valence electrons. The maximum Gasteiger partial charge on any atom is 0.317 e. The third-order valence-electron chi connectivity index (χ3n) is 4.68. The summed E-state index contributed by atoms with van der Waals surface area (Å²) >= 11 is 0. The summed E-state index contributed by atoms with van der Waals surface area (Å²) in [5, 5.41) is 3.13. The highest BCUT2D eigenvalue weighted by Gasteiger charge is 2.22. The molecule has 3 rings (SSSR count).